The number of benzene rings is 1. The Morgan fingerprint density at radius 3 is 2.55 bits per heavy atom. The van der Waals surface area contributed by atoms with E-state index in [-0.39, 0.29) is 0 Å². The van der Waals surface area contributed by atoms with Gasteiger partial charge in [0.05, 0.1) is 11.3 Å². The molecule has 0 saturated carbocycles. The van der Waals surface area contributed by atoms with Crippen LogP contribution in [0.25, 0.3) is 0 Å². The maximum absolute atomic E-state index is 13.7. The Kier molecular flexibility index (Phi) is 5.23. The summed E-state index contributed by atoms with van der Waals surface area (Å²) < 4.78 is 51.4. The third-order valence-corrected chi connectivity index (χ3v) is 3.46. The molecule has 2 rings (SSSR count). The predicted octanol–water partition coefficient (Wildman–Crippen LogP) is 3.06. The molecular formula is C14H17F4N3O. The lowest BCUT2D eigenvalue weighted by Gasteiger charge is -2.15. The molecule has 1 saturated heterocycles. The van der Waals surface area contributed by atoms with Crippen LogP contribution in [0.2, 0.25) is 0 Å². The molecule has 2 amide bonds. The van der Waals surface area contributed by atoms with Gasteiger partial charge >= 0.3 is 12.2 Å². The average molecular weight is 319 g/mol. The number of alkyl halides is 3. The van der Waals surface area contributed by atoms with Gasteiger partial charge in [0.25, 0.3) is 0 Å². The second kappa shape index (κ2) is 6.95. The smallest absolute Gasteiger partial charge is 0.337 e. The first-order chi connectivity index (χ1) is 10.4. The Balaban J connectivity index is 1.88. The molecule has 0 aliphatic carbocycles. The molecule has 1 aliphatic heterocycles. The summed E-state index contributed by atoms with van der Waals surface area (Å²) in [4.78, 5) is 13.8. The average Bonchev–Trinajstić information content (AvgIpc) is 2.93. The molecule has 122 valence electrons. The van der Waals surface area contributed by atoms with Crippen LogP contribution in [0.15, 0.2) is 18.2 Å². The maximum atomic E-state index is 13.7. The van der Waals surface area contributed by atoms with Crippen LogP contribution in [0.3, 0.4) is 0 Å². The number of carbonyl (C=O) groups excluding carboxylic acids is 1. The summed E-state index contributed by atoms with van der Waals surface area (Å²) in [5.41, 5.74) is -1.89. The van der Waals surface area contributed by atoms with E-state index in [1.54, 1.807) is 0 Å². The molecule has 1 aliphatic rings. The Labute approximate surface area is 125 Å². The summed E-state index contributed by atoms with van der Waals surface area (Å²) in [5.74, 6) is -1.48. The van der Waals surface area contributed by atoms with Crippen LogP contribution in [-0.2, 0) is 6.18 Å². The van der Waals surface area contributed by atoms with Gasteiger partial charge in [0.2, 0.25) is 0 Å². The number of nitrogens with one attached hydrogen (secondary N) is 2. The van der Waals surface area contributed by atoms with Crippen LogP contribution in [0.1, 0.15) is 18.4 Å². The molecule has 0 atom stereocenters. The normalized spacial score (nSPS) is 15.8. The molecule has 0 radical (unpaired) electrons. The van der Waals surface area contributed by atoms with Crippen LogP contribution < -0.4 is 10.6 Å². The fourth-order valence-electron chi connectivity index (χ4n) is 2.35. The zero-order valence-corrected chi connectivity index (χ0v) is 11.8. The minimum atomic E-state index is -4.80. The van der Waals surface area contributed by atoms with Gasteiger partial charge in [-0.3, -0.25) is 0 Å². The van der Waals surface area contributed by atoms with E-state index in [1.165, 1.54) is 0 Å². The minimum Gasteiger partial charge on any atom is -0.337 e. The summed E-state index contributed by atoms with van der Waals surface area (Å²) in [6.07, 6.45) is -2.54. The third kappa shape index (κ3) is 4.33. The lowest BCUT2D eigenvalue weighted by atomic mass is 10.2. The molecule has 1 heterocycles. The zero-order chi connectivity index (χ0) is 16.2. The van der Waals surface area contributed by atoms with E-state index in [0.29, 0.717) is 19.2 Å². The van der Waals surface area contributed by atoms with Gasteiger partial charge in [-0.05, 0) is 38.1 Å². The highest BCUT2D eigenvalue weighted by Crippen LogP contribution is 2.33. The summed E-state index contributed by atoms with van der Waals surface area (Å²) in [5, 5.41) is 4.61. The fraction of sp³-hybridized carbons (Fsp3) is 0.500. The second-order valence-corrected chi connectivity index (χ2v) is 5.09. The van der Waals surface area contributed by atoms with E-state index in [1.807, 2.05) is 0 Å². The van der Waals surface area contributed by atoms with Gasteiger partial charge in [-0.2, -0.15) is 13.2 Å². The molecule has 1 aromatic carbocycles. The highest BCUT2D eigenvalue weighted by atomic mass is 19.4. The van der Waals surface area contributed by atoms with Crippen LogP contribution in [0.5, 0.6) is 0 Å². The largest absolute Gasteiger partial charge is 0.419 e. The van der Waals surface area contributed by atoms with Crippen molar-refractivity contribution in [3.63, 3.8) is 0 Å². The van der Waals surface area contributed by atoms with Gasteiger partial charge in [-0.25, -0.2) is 9.18 Å². The Bertz CT molecular complexity index is 527. The molecule has 0 spiro atoms. The predicted molar refractivity (Wildman–Crippen MR) is 74.1 cm³/mol. The van der Waals surface area contributed by atoms with E-state index in [0.717, 1.165) is 38.1 Å². The van der Waals surface area contributed by atoms with Crippen LogP contribution in [-0.4, -0.2) is 37.1 Å². The number of hydrogen-bond donors (Lipinski definition) is 2. The van der Waals surface area contributed by atoms with E-state index in [2.05, 4.69) is 15.5 Å². The summed E-state index contributed by atoms with van der Waals surface area (Å²) >= 11 is 0. The highest BCUT2D eigenvalue weighted by Gasteiger charge is 2.35. The molecule has 1 aromatic rings. The second-order valence-electron chi connectivity index (χ2n) is 5.09. The van der Waals surface area contributed by atoms with Gasteiger partial charge in [0, 0.05) is 13.1 Å². The van der Waals surface area contributed by atoms with Crippen molar-refractivity contribution in [2.24, 2.45) is 0 Å². The monoisotopic (exact) mass is 319 g/mol. The van der Waals surface area contributed by atoms with Crippen molar-refractivity contribution in [2.45, 2.75) is 19.0 Å². The topological polar surface area (TPSA) is 44.4 Å². The number of rotatable bonds is 4. The molecule has 2 N–H and O–H groups in total. The molecule has 0 bridgehead atoms. The zero-order valence-electron chi connectivity index (χ0n) is 11.8. The van der Waals surface area contributed by atoms with Gasteiger partial charge in [-0.1, -0.05) is 6.07 Å². The number of halogens is 4. The first kappa shape index (κ1) is 16.5. The first-order valence-corrected chi connectivity index (χ1v) is 7.01. The Hall–Kier alpha value is -1.83. The Morgan fingerprint density at radius 1 is 1.23 bits per heavy atom. The summed E-state index contributed by atoms with van der Waals surface area (Å²) in [6.45, 7) is 2.97. The van der Waals surface area contributed by atoms with Gasteiger partial charge < -0.3 is 15.5 Å². The molecule has 0 aromatic heterocycles. The first-order valence-electron chi connectivity index (χ1n) is 7.01. The summed E-state index contributed by atoms with van der Waals surface area (Å²) in [7, 11) is 0. The molecule has 4 nitrogen and oxygen atoms in total. The number of anilines is 1. The molecule has 1 fully saturated rings. The molecule has 22 heavy (non-hydrogen) atoms. The van der Waals surface area contributed by atoms with Gasteiger partial charge in [0.1, 0.15) is 0 Å². The third-order valence-electron chi connectivity index (χ3n) is 3.46. The van der Waals surface area contributed by atoms with Crippen LogP contribution in [0, 0.1) is 5.82 Å². The SMILES string of the molecule is O=C(NCCN1CCCC1)Nc1cccc(C(F)(F)F)c1F. The van der Waals surface area contributed by atoms with Crippen LogP contribution in [0.4, 0.5) is 28.0 Å². The van der Waals surface area contributed by atoms with Gasteiger partial charge in [-0.15, -0.1) is 0 Å². The van der Waals surface area contributed by atoms with E-state index >= 15 is 0 Å². The standard InChI is InChI=1S/C14H17F4N3O/c15-12-10(14(16,17)18)4-3-5-11(12)20-13(22)19-6-9-21-7-1-2-8-21/h3-5H,1-2,6-9H2,(H2,19,20,22). The van der Waals surface area contributed by atoms with Crippen molar-refractivity contribution in [2.75, 3.05) is 31.5 Å². The number of amides is 2. The highest BCUT2D eigenvalue weighted by molar-refractivity contribution is 5.89. The van der Waals surface area contributed by atoms with Crippen molar-refractivity contribution < 1.29 is 22.4 Å². The van der Waals surface area contributed by atoms with Crippen molar-refractivity contribution >= 4 is 11.7 Å². The van der Waals surface area contributed by atoms with E-state index in [9.17, 15) is 22.4 Å². The van der Waals surface area contributed by atoms with Crippen molar-refractivity contribution in [1.82, 2.24) is 10.2 Å². The quantitative estimate of drug-likeness (QED) is 0.838. The minimum absolute atomic E-state index is 0.354. The molecule has 8 heteroatoms. The lowest BCUT2D eigenvalue weighted by Crippen LogP contribution is -2.36. The van der Waals surface area contributed by atoms with Gasteiger partial charge in [0.15, 0.2) is 5.82 Å². The lowest BCUT2D eigenvalue weighted by molar-refractivity contribution is -0.139. The number of nitrogens with zero attached hydrogens (tertiary/aromatic N) is 1. The molecular weight excluding hydrogens is 302 g/mol. The Morgan fingerprint density at radius 2 is 1.91 bits per heavy atom. The van der Waals surface area contributed by atoms with E-state index in [4.69, 9.17) is 0 Å². The summed E-state index contributed by atoms with van der Waals surface area (Å²) in [6, 6.07) is 2.04. The number of urea groups is 1. The van der Waals surface area contributed by atoms with Crippen molar-refractivity contribution in [1.29, 1.82) is 0 Å². The fourth-order valence-corrected chi connectivity index (χ4v) is 2.35. The number of carbonyl (C=O) groups is 1. The van der Waals surface area contributed by atoms with E-state index < -0.39 is 29.3 Å². The maximum Gasteiger partial charge on any atom is 0.419 e. The number of likely N-dealkylation sites (tertiary alicyclic amines) is 1. The van der Waals surface area contributed by atoms with Crippen LogP contribution >= 0.6 is 0 Å². The molecule has 0 unspecified atom stereocenters. The van der Waals surface area contributed by atoms with Crippen molar-refractivity contribution in [3.05, 3.63) is 29.6 Å². The van der Waals surface area contributed by atoms with Crippen molar-refractivity contribution in [3.8, 4) is 0 Å². The number of hydrogen-bond acceptors (Lipinski definition) is 2.